The Morgan fingerprint density at radius 3 is 2.41 bits per heavy atom. The summed E-state index contributed by atoms with van der Waals surface area (Å²) in [5, 5.41) is 16.2. The van der Waals surface area contributed by atoms with E-state index in [1.807, 2.05) is 0 Å². The summed E-state index contributed by atoms with van der Waals surface area (Å²) in [5.74, 6) is -3.51. The van der Waals surface area contributed by atoms with E-state index in [0.717, 1.165) is 5.56 Å². The van der Waals surface area contributed by atoms with Crippen molar-refractivity contribution in [1.29, 1.82) is 0 Å². The Hall–Kier alpha value is -4.20. The number of benzene rings is 1. The zero-order valence-corrected chi connectivity index (χ0v) is 20.9. The third-order valence-corrected chi connectivity index (χ3v) is 5.17. The molecule has 0 heterocycles. The topological polar surface area (TPSA) is 241 Å². The average molecular weight is 522 g/mol. The second-order valence-corrected chi connectivity index (χ2v) is 8.19. The van der Waals surface area contributed by atoms with Gasteiger partial charge in [-0.1, -0.05) is 12.1 Å². The van der Waals surface area contributed by atoms with Gasteiger partial charge in [0.25, 0.3) is 0 Å². The molecule has 204 valence electrons. The number of carbonyl (C=O) groups is 5. The molecule has 2 unspecified atom stereocenters. The number of amides is 3. The molecule has 0 aliphatic carbocycles. The molecular formula is C23H35N7O7. The summed E-state index contributed by atoms with van der Waals surface area (Å²) in [7, 11) is 1.27. The van der Waals surface area contributed by atoms with Crippen molar-refractivity contribution in [3.63, 3.8) is 0 Å². The number of nitrogens with two attached hydrogens (primary N) is 3. The second kappa shape index (κ2) is 15.7. The van der Waals surface area contributed by atoms with Crippen LogP contribution >= 0.6 is 0 Å². The quantitative estimate of drug-likeness (QED) is 0.0643. The maximum Gasteiger partial charge on any atom is 0.322 e. The van der Waals surface area contributed by atoms with E-state index < -0.39 is 48.3 Å². The van der Waals surface area contributed by atoms with Gasteiger partial charge >= 0.3 is 11.9 Å². The SMILES string of the molecule is COC(=O)CC(N)c1ccc(C)c(NC(=O)CCC(=O)NC(CCCN=C(N)N)C(=O)NCC(=O)O)c1. The van der Waals surface area contributed by atoms with Crippen molar-refractivity contribution in [2.45, 2.75) is 51.1 Å². The molecule has 0 aliphatic rings. The van der Waals surface area contributed by atoms with E-state index in [-0.39, 0.29) is 38.2 Å². The van der Waals surface area contributed by atoms with E-state index in [9.17, 15) is 24.0 Å². The van der Waals surface area contributed by atoms with Crippen LogP contribution in [0.5, 0.6) is 0 Å². The summed E-state index contributed by atoms with van der Waals surface area (Å²) in [6.07, 6.45) is 0.0695. The number of aliphatic imine (C=N–C) groups is 1. The number of aliphatic carboxylic acids is 1. The first-order valence-electron chi connectivity index (χ1n) is 11.5. The van der Waals surface area contributed by atoms with E-state index in [1.54, 1.807) is 25.1 Å². The van der Waals surface area contributed by atoms with Gasteiger partial charge in [0.2, 0.25) is 17.7 Å². The molecule has 0 fully saturated rings. The third kappa shape index (κ3) is 12.4. The van der Waals surface area contributed by atoms with E-state index >= 15 is 0 Å². The number of carboxylic acids is 1. The van der Waals surface area contributed by atoms with Crippen LogP contribution in [0.3, 0.4) is 0 Å². The Kier molecular flexibility index (Phi) is 13.1. The minimum absolute atomic E-state index is 0.0275. The van der Waals surface area contributed by atoms with Gasteiger partial charge in [-0.15, -0.1) is 0 Å². The van der Waals surface area contributed by atoms with Gasteiger partial charge in [0.05, 0.1) is 13.5 Å². The number of guanidine groups is 1. The van der Waals surface area contributed by atoms with Crippen LogP contribution in [0.1, 0.15) is 49.3 Å². The number of hydrogen-bond acceptors (Lipinski definition) is 8. The van der Waals surface area contributed by atoms with Crippen LogP contribution in [0.15, 0.2) is 23.2 Å². The molecule has 0 saturated heterocycles. The van der Waals surface area contributed by atoms with Crippen LogP contribution in [0.25, 0.3) is 0 Å². The molecule has 1 rings (SSSR count). The van der Waals surface area contributed by atoms with Crippen molar-refractivity contribution in [3.8, 4) is 0 Å². The lowest BCUT2D eigenvalue weighted by atomic mass is 10.0. The molecule has 0 aromatic heterocycles. The van der Waals surface area contributed by atoms with Crippen LogP contribution in [0, 0.1) is 6.92 Å². The van der Waals surface area contributed by atoms with Crippen molar-refractivity contribution in [2.24, 2.45) is 22.2 Å². The molecule has 0 spiro atoms. The second-order valence-electron chi connectivity index (χ2n) is 8.19. The molecule has 1 aromatic carbocycles. The fraction of sp³-hybridized carbons (Fsp3) is 0.478. The van der Waals surface area contributed by atoms with Gasteiger partial charge in [-0.3, -0.25) is 29.0 Å². The zero-order chi connectivity index (χ0) is 28.0. The molecule has 0 radical (unpaired) electrons. The van der Waals surface area contributed by atoms with Gasteiger partial charge in [-0.2, -0.15) is 0 Å². The number of esters is 1. The molecule has 0 aliphatic heterocycles. The first-order chi connectivity index (χ1) is 17.4. The van der Waals surface area contributed by atoms with E-state index in [1.165, 1.54) is 7.11 Å². The highest BCUT2D eigenvalue weighted by Gasteiger charge is 2.21. The summed E-state index contributed by atoms with van der Waals surface area (Å²) < 4.78 is 4.62. The van der Waals surface area contributed by atoms with Crippen molar-refractivity contribution in [3.05, 3.63) is 29.3 Å². The predicted molar refractivity (Wildman–Crippen MR) is 135 cm³/mol. The third-order valence-electron chi connectivity index (χ3n) is 5.17. The van der Waals surface area contributed by atoms with E-state index in [0.29, 0.717) is 17.7 Å². The number of ether oxygens (including phenoxy) is 1. The summed E-state index contributed by atoms with van der Waals surface area (Å²) in [4.78, 5) is 63.2. The Labute approximate surface area is 214 Å². The number of aryl methyl sites for hydroxylation is 1. The highest BCUT2D eigenvalue weighted by molar-refractivity contribution is 5.95. The predicted octanol–water partition coefficient (Wildman–Crippen LogP) is -0.984. The first-order valence-corrected chi connectivity index (χ1v) is 11.5. The molecule has 1 aromatic rings. The molecule has 0 bridgehead atoms. The lowest BCUT2D eigenvalue weighted by Crippen LogP contribution is -2.48. The standard InChI is InChI=1S/C23H35N7O7/c1-13-5-6-14(15(24)11-21(35)37-2)10-17(13)30-19(32)8-7-18(31)29-16(4-3-9-27-23(25)26)22(36)28-12-20(33)34/h5-6,10,15-16H,3-4,7-9,11-12,24H2,1-2H3,(H,28,36)(H,29,31)(H,30,32)(H,33,34)(H4,25,26,27). The monoisotopic (exact) mass is 521 g/mol. The number of carboxylic acid groups (broad SMARTS) is 1. The summed E-state index contributed by atoms with van der Waals surface area (Å²) in [6, 6.07) is 3.50. The molecule has 0 saturated carbocycles. The molecule has 2 atom stereocenters. The van der Waals surface area contributed by atoms with Gasteiger partial charge in [-0.25, -0.2) is 0 Å². The normalized spacial score (nSPS) is 12.0. The summed E-state index contributed by atoms with van der Waals surface area (Å²) in [6.45, 7) is 1.38. The molecule has 3 amide bonds. The number of methoxy groups -OCH3 is 1. The Morgan fingerprint density at radius 2 is 1.78 bits per heavy atom. The highest BCUT2D eigenvalue weighted by atomic mass is 16.5. The fourth-order valence-electron chi connectivity index (χ4n) is 3.15. The highest BCUT2D eigenvalue weighted by Crippen LogP contribution is 2.22. The van der Waals surface area contributed by atoms with Gasteiger partial charge in [0.15, 0.2) is 5.96 Å². The maximum atomic E-state index is 12.5. The van der Waals surface area contributed by atoms with Crippen LogP contribution in [-0.2, 0) is 28.7 Å². The van der Waals surface area contributed by atoms with Crippen molar-refractivity contribution in [1.82, 2.24) is 10.6 Å². The Balaban J connectivity index is 2.71. The molecule has 37 heavy (non-hydrogen) atoms. The minimum Gasteiger partial charge on any atom is -0.480 e. The molecular weight excluding hydrogens is 486 g/mol. The average Bonchev–Trinajstić information content (AvgIpc) is 2.84. The summed E-state index contributed by atoms with van der Waals surface area (Å²) >= 11 is 0. The zero-order valence-electron chi connectivity index (χ0n) is 20.9. The van der Waals surface area contributed by atoms with Crippen LogP contribution in [0.2, 0.25) is 0 Å². The number of carbonyl (C=O) groups excluding carboxylic acids is 4. The Morgan fingerprint density at radius 1 is 1.11 bits per heavy atom. The van der Waals surface area contributed by atoms with Crippen LogP contribution < -0.4 is 33.2 Å². The number of nitrogens with zero attached hydrogens (tertiary/aromatic N) is 1. The lowest BCUT2D eigenvalue weighted by molar-refractivity contribution is -0.141. The number of rotatable bonds is 15. The van der Waals surface area contributed by atoms with Crippen molar-refractivity contribution < 1.29 is 33.8 Å². The number of nitrogens with one attached hydrogen (secondary N) is 3. The Bertz CT molecular complexity index is 1010. The molecule has 10 N–H and O–H groups in total. The summed E-state index contributed by atoms with van der Waals surface area (Å²) in [5.41, 5.74) is 18.4. The lowest BCUT2D eigenvalue weighted by Gasteiger charge is -2.18. The van der Waals surface area contributed by atoms with Crippen LogP contribution in [-0.4, -0.2) is 67.0 Å². The van der Waals surface area contributed by atoms with E-state index in [2.05, 4.69) is 25.7 Å². The van der Waals surface area contributed by atoms with Gasteiger partial charge in [0, 0.05) is 31.1 Å². The molecule has 14 nitrogen and oxygen atoms in total. The number of anilines is 1. The first kappa shape index (κ1) is 30.8. The largest absolute Gasteiger partial charge is 0.480 e. The van der Waals surface area contributed by atoms with Crippen LogP contribution in [0.4, 0.5) is 5.69 Å². The smallest absolute Gasteiger partial charge is 0.322 e. The van der Waals surface area contributed by atoms with Gasteiger partial charge in [-0.05, 0) is 37.0 Å². The van der Waals surface area contributed by atoms with E-state index in [4.69, 9.17) is 22.3 Å². The minimum atomic E-state index is -1.23. The fourth-order valence-corrected chi connectivity index (χ4v) is 3.15. The molecule has 14 heteroatoms. The number of hydrogen-bond donors (Lipinski definition) is 7. The van der Waals surface area contributed by atoms with Gasteiger partial charge in [0.1, 0.15) is 12.6 Å². The van der Waals surface area contributed by atoms with Crippen molar-refractivity contribution >= 4 is 41.3 Å². The van der Waals surface area contributed by atoms with Crippen molar-refractivity contribution in [2.75, 3.05) is 25.5 Å². The maximum absolute atomic E-state index is 12.5. The van der Waals surface area contributed by atoms with Gasteiger partial charge < -0.3 is 43.0 Å².